The molecule has 0 saturated carbocycles. The Kier molecular flexibility index (Phi) is 3.44. The lowest BCUT2D eigenvalue weighted by Crippen LogP contribution is -2.08. The van der Waals surface area contributed by atoms with Crippen LogP contribution < -0.4 is 5.32 Å². The van der Waals surface area contributed by atoms with Gasteiger partial charge in [0.1, 0.15) is 5.82 Å². The molecule has 0 radical (unpaired) electrons. The quantitative estimate of drug-likeness (QED) is 0.862. The zero-order valence-electron chi connectivity index (χ0n) is 8.41. The van der Waals surface area contributed by atoms with Gasteiger partial charge in [-0.3, -0.25) is 5.32 Å². The Morgan fingerprint density at radius 1 is 1.41 bits per heavy atom. The monoisotopic (exact) mass is 315 g/mol. The van der Waals surface area contributed by atoms with Crippen LogP contribution in [0.4, 0.5) is 14.9 Å². The summed E-state index contributed by atoms with van der Waals surface area (Å²) in [5.74, 6) is -0.406. The second kappa shape index (κ2) is 4.85. The topological polar surface area (TPSA) is 49.3 Å². The summed E-state index contributed by atoms with van der Waals surface area (Å²) >= 11 is 4.75. The van der Waals surface area contributed by atoms with Crippen LogP contribution in [-0.4, -0.2) is 11.2 Å². The first-order valence-electron chi connectivity index (χ1n) is 4.61. The van der Waals surface area contributed by atoms with Crippen molar-refractivity contribution in [1.29, 1.82) is 0 Å². The fraction of sp³-hybridized carbons (Fsp3) is 0. The fourth-order valence-corrected chi connectivity index (χ4v) is 3.03. The first-order chi connectivity index (χ1) is 8.08. The second-order valence-electron chi connectivity index (χ2n) is 3.22. The molecule has 17 heavy (non-hydrogen) atoms. The standard InChI is InChI=1S/C11H7BrFNO2S/c12-8-3-4-17-10(8)7-5-6(13)1-2-9(7)14-11(15)16/h1-5,14H,(H,15,16). The minimum Gasteiger partial charge on any atom is -0.465 e. The first kappa shape index (κ1) is 12.1. The van der Waals surface area contributed by atoms with Crippen molar-refractivity contribution in [2.45, 2.75) is 0 Å². The van der Waals surface area contributed by atoms with Crippen LogP contribution in [0.25, 0.3) is 10.4 Å². The molecule has 1 aromatic heterocycles. The van der Waals surface area contributed by atoms with E-state index in [1.807, 2.05) is 11.4 Å². The van der Waals surface area contributed by atoms with E-state index in [-0.39, 0.29) is 0 Å². The van der Waals surface area contributed by atoms with Crippen molar-refractivity contribution < 1.29 is 14.3 Å². The maximum atomic E-state index is 13.2. The highest BCUT2D eigenvalue weighted by Gasteiger charge is 2.12. The number of hydrogen-bond donors (Lipinski definition) is 2. The van der Waals surface area contributed by atoms with E-state index in [2.05, 4.69) is 21.2 Å². The maximum Gasteiger partial charge on any atom is 0.409 e. The number of rotatable bonds is 2. The Bertz CT molecular complexity index is 570. The Morgan fingerprint density at radius 2 is 2.18 bits per heavy atom. The highest BCUT2D eigenvalue weighted by Crippen LogP contribution is 2.38. The van der Waals surface area contributed by atoms with E-state index in [4.69, 9.17) is 5.11 Å². The van der Waals surface area contributed by atoms with Crippen molar-refractivity contribution >= 4 is 39.0 Å². The van der Waals surface area contributed by atoms with Gasteiger partial charge in [0.2, 0.25) is 0 Å². The van der Waals surface area contributed by atoms with Crippen LogP contribution >= 0.6 is 27.3 Å². The normalized spacial score (nSPS) is 10.2. The van der Waals surface area contributed by atoms with Crippen molar-refractivity contribution in [2.24, 2.45) is 0 Å². The van der Waals surface area contributed by atoms with Crippen LogP contribution in [0, 0.1) is 5.82 Å². The molecular formula is C11H7BrFNO2S. The number of benzene rings is 1. The van der Waals surface area contributed by atoms with E-state index in [0.717, 1.165) is 9.35 Å². The molecule has 88 valence electrons. The molecule has 2 N–H and O–H groups in total. The van der Waals surface area contributed by atoms with Gasteiger partial charge in [-0.25, -0.2) is 9.18 Å². The van der Waals surface area contributed by atoms with Gasteiger partial charge in [0.05, 0.1) is 10.6 Å². The van der Waals surface area contributed by atoms with Crippen LogP contribution in [0.1, 0.15) is 0 Å². The molecule has 0 aliphatic carbocycles. The van der Waals surface area contributed by atoms with Gasteiger partial charge in [0.25, 0.3) is 0 Å². The van der Waals surface area contributed by atoms with E-state index in [0.29, 0.717) is 11.3 Å². The maximum absolute atomic E-state index is 13.2. The average molecular weight is 316 g/mol. The van der Waals surface area contributed by atoms with E-state index in [9.17, 15) is 9.18 Å². The van der Waals surface area contributed by atoms with Crippen molar-refractivity contribution in [1.82, 2.24) is 0 Å². The molecule has 1 amide bonds. The number of hydrogen-bond acceptors (Lipinski definition) is 2. The van der Waals surface area contributed by atoms with Crippen molar-refractivity contribution in [3.63, 3.8) is 0 Å². The number of carbonyl (C=O) groups is 1. The van der Waals surface area contributed by atoms with Crippen LogP contribution in [0.5, 0.6) is 0 Å². The van der Waals surface area contributed by atoms with Gasteiger partial charge in [0, 0.05) is 10.0 Å². The molecule has 1 heterocycles. The number of nitrogens with one attached hydrogen (secondary N) is 1. The van der Waals surface area contributed by atoms with E-state index in [1.54, 1.807) is 0 Å². The molecule has 0 atom stereocenters. The van der Waals surface area contributed by atoms with Gasteiger partial charge >= 0.3 is 6.09 Å². The number of amides is 1. The van der Waals surface area contributed by atoms with Crippen LogP contribution in [0.2, 0.25) is 0 Å². The minimum absolute atomic E-state index is 0.363. The fourth-order valence-electron chi connectivity index (χ4n) is 1.41. The lowest BCUT2D eigenvalue weighted by molar-refractivity contribution is 0.210. The van der Waals surface area contributed by atoms with E-state index >= 15 is 0 Å². The van der Waals surface area contributed by atoms with Gasteiger partial charge in [0.15, 0.2) is 0 Å². The van der Waals surface area contributed by atoms with Crippen LogP contribution in [0.15, 0.2) is 34.1 Å². The molecule has 6 heteroatoms. The van der Waals surface area contributed by atoms with Gasteiger partial charge in [-0.2, -0.15) is 0 Å². The van der Waals surface area contributed by atoms with E-state index in [1.165, 1.54) is 29.5 Å². The van der Waals surface area contributed by atoms with Crippen LogP contribution in [0.3, 0.4) is 0 Å². The smallest absolute Gasteiger partial charge is 0.409 e. The van der Waals surface area contributed by atoms with Crippen molar-refractivity contribution in [2.75, 3.05) is 5.32 Å². The van der Waals surface area contributed by atoms with Gasteiger partial charge in [-0.15, -0.1) is 11.3 Å². The summed E-state index contributed by atoms with van der Waals surface area (Å²) in [6.07, 6.45) is -1.18. The SMILES string of the molecule is O=C(O)Nc1ccc(F)cc1-c1sccc1Br. The second-order valence-corrected chi connectivity index (χ2v) is 4.99. The first-order valence-corrected chi connectivity index (χ1v) is 6.28. The predicted molar refractivity (Wildman–Crippen MR) is 69.1 cm³/mol. The van der Waals surface area contributed by atoms with Crippen LogP contribution in [-0.2, 0) is 0 Å². The molecule has 0 saturated heterocycles. The van der Waals surface area contributed by atoms with Gasteiger partial charge in [-0.1, -0.05) is 0 Å². The summed E-state index contributed by atoms with van der Waals surface area (Å²) in [6.45, 7) is 0. The third kappa shape index (κ3) is 2.65. The Hall–Kier alpha value is -1.40. The summed E-state index contributed by atoms with van der Waals surface area (Å²) in [5.41, 5.74) is 0.885. The molecular weight excluding hydrogens is 309 g/mol. The highest BCUT2D eigenvalue weighted by molar-refractivity contribution is 9.10. The zero-order chi connectivity index (χ0) is 12.4. The summed E-state index contributed by atoms with van der Waals surface area (Å²) < 4.78 is 14.0. The molecule has 0 fully saturated rings. The zero-order valence-corrected chi connectivity index (χ0v) is 10.8. The summed E-state index contributed by atoms with van der Waals surface area (Å²) in [7, 11) is 0. The van der Waals surface area contributed by atoms with E-state index < -0.39 is 11.9 Å². The average Bonchev–Trinajstić information content (AvgIpc) is 2.66. The van der Waals surface area contributed by atoms with Gasteiger partial charge < -0.3 is 5.11 Å². The molecule has 1 aromatic carbocycles. The molecule has 3 nitrogen and oxygen atoms in total. The lowest BCUT2D eigenvalue weighted by atomic mass is 10.1. The van der Waals surface area contributed by atoms with Gasteiger partial charge in [-0.05, 0) is 45.6 Å². The molecule has 2 aromatic rings. The molecule has 0 aliphatic rings. The summed E-state index contributed by atoms with van der Waals surface area (Å²) in [4.78, 5) is 11.4. The number of thiophene rings is 1. The molecule has 0 unspecified atom stereocenters. The predicted octanol–water partition coefficient (Wildman–Crippen LogP) is 4.41. The third-order valence-electron chi connectivity index (χ3n) is 2.09. The number of halogens is 2. The highest BCUT2D eigenvalue weighted by atomic mass is 79.9. The number of carboxylic acid groups (broad SMARTS) is 1. The third-order valence-corrected chi connectivity index (χ3v) is 3.96. The lowest BCUT2D eigenvalue weighted by Gasteiger charge is -2.08. The molecule has 0 spiro atoms. The summed E-state index contributed by atoms with van der Waals surface area (Å²) in [5, 5.41) is 12.8. The Labute approximate surface area is 109 Å². The summed E-state index contributed by atoms with van der Waals surface area (Å²) in [6, 6.07) is 5.76. The molecule has 2 rings (SSSR count). The minimum atomic E-state index is -1.18. The van der Waals surface area contributed by atoms with Crippen molar-refractivity contribution in [3.8, 4) is 10.4 Å². The van der Waals surface area contributed by atoms with Crippen molar-refractivity contribution in [3.05, 3.63) is 39.9 Å². The molecule has 0 bridgehead atoms. The number of anilines is 1. The molecule has 0 aliphatic heterocycles. The largest absolute Gasteiger partial charge is 0.465 e. The Balaban J connectivity index is 2.54. The Morgan fingerprint density at radius 3 is 2.76 bits per heavy atom.